The molecule has 2 bridgehead atoms. The predicted molar refractivity (Wildman–Crippen MR) is 39.6 cm³/mol. The molecule has 2 fully saturated rings. The van der Waals surface area contributed by atoms with Gasteiger partial charge in [-0.3, -0.25) is 0 Å². The fourth-order valence-electron chi connectivity index (χ4n) is 2.74. The van der Waals surface area contributed by atoms with Gasteiger partial charge in [0.2, 0.25) is 0 Å². The third-order valence-electron chi connectivity index (χ3n) is 3.68. The average molecular weight is 189 g/mol. The highest BCUT2D eigenvalue weighted by Gasteiger charge is 2.66. The van der Waals surface area contributed by atoms with Crippen molar-refractivity contribution < 1.29 is 13.2 Å². The summed E-state index contributed by atoms with van der Waals surface area (Å²) in [6.45, 7) is 0. The van der Waals surface area contributed by atoms with Crippen LogP contribution in [0, 0.1) is 22.2 Å². The SMILES string of the molecule is N#CC12CCC(C(F)(F)F)(CC1)C2. The highest BCUT2D eigenvalue weighted by molar-refractivity contribution is 5.15. The van der Waals surface area contributed by atoms with Crippen molar-refractivity contribution in [2.24, 2.45) is 10.8 Å². The van der Waals surface area contributed by atoms with Gasteiger partial charge in [-0.2, -0.15) is 18.4 Å². The average Bonchev–Trinajstić information content (AvgIpc) is 2.60. The summed E-state index contributed by atoms with van der Waals surface area (Å²) < 4.78 is 37.9. The Morgan fingerprint density at radius 1 is 1.08 bits per heavy atom. The van der Waals surface area contributed by atoms with Gasteiger partial charge in [-0.05, 0) is 32.1 Å². The first-order valence-corrected chi connectivity index (χ1v) is 4.41. The highest BCUT2D eigenvalue weighted by atomic mass is 19.4. The van der Waals surface area contributed by atoms with E-state index in [1.54, 1.807) is 0 Å². The molecule has 2 saturated carbocycles. The minimum Gasteiger partial charge on any atom is -0.198 e. The summed E-state index contributed by atoms with van der Waals surface area (Å²) in [4.78, 5) is 0. The van der Waals surface area contributed by atoms with Gasteiger partial charge in [-0.1, -0.05) is 0 Å². The van der Waals surface area contributed by atoms with Crippen LogP contribution in [0.15, 0.2) is 0 Å². The van der Waals surface area contributed by atoms with Gasteiger partial charge in [0, 0.05) is 0 Å². The fourth-order valence-corrected chi connectivity index (χ4v) is 2.74. The van der Waals surface area contributed by atoms with Crippen LogP contribution in [0.1, 0.15) is 32.1 Å². The first kappa shape index (κ1) is 8.86. The van der Waals surface area contributed by atoms with E-state index >= 15 is 0 Å². The van der Waals surface area contributed by atoms with E-state index in [0.717, 1.165) is 0 Å². The van der Waals surface area contributed by atoms with Gasteiger partial charge in [0.25, 0.3) is 0 Å². The van der Waals surface area contributed by atoms with Gasteiger partial charge in [0.1, 0.15) is 0 Å². The minimum atomic E-state index is -4.11. The molecule has 13 heavy (non-hydrogen) atoms. The molecule has 1 nitrogen and oxygen atoms in total. The van der Waals surface area contributed by atoms with E-state index in [-0.39, 0.29) is 19.3 Å². The molecule has 0 unspecified atom stereocenters. The molecular formula is C9H10F3N. The molecule has 0 aromatic carbocycles. The predicted octanol–water partition coefficient (Wildman–Crippen LogP) is 3.02. The maximum atomic E-state index is 12.6. The van der Waals surface area contributed by atoms with Crippen molar-refractivity contribution >= 4 is 0 Å². The van der Waals surface area contributed by atoms with E-state index in [2.05, 4.69) is 6.07 Å². The minimum absolute atomic E-state index is 0.0417. The van der Waals surface area contributed by atoms with Crippen molar-refractivity contribution in [2.45, 2.75) is 38.3 Å². The molecule has 0 atom stereocenters. The van der Waals surface area contributed by atoms with Crippen molar-refractivity contribution in [2.75, 3.05) is 0 Å². The lowest BCUT2D eigenvalue weighted by Crippen LogP contribution is -2.33. The third kappa shape index (κ3) is 0.993. The second kappa shape index (κ2) is 2.20. The van der Waals surface area contributed by atoms with Gasteiger partial charge in [-0.25, -0.2) is 0 Å². The van der Waals surface area contributed by atoms with Gasteiger partial charge in [0.15, 0.2) is 0 Å². The molecule has 0 saturated heterocycles. The van der Waals surface area contributed by atoms with E-state index in [4.69, 9.17) is 5.26 Å². The van der Waals surface area contributed by atoms with Crippen molar-refractivity contribution in [3.8, 4) is 6.07 Å². The smallest absolute Gasteiger partial charge is 0.198 e. The van der Waals surface area contributed by atoms with Crippen molar-refractivity contribution in [1.82, 2.24) is 0 Å². The Kier molecular flexibility index (Phi) is 1.50. The Morgan fingerprint density at radius 3 is 1.85 bits per heavy atom. The monoisotopic (exact) mass is 189 g/mol. The largest absolute Gasteiger partial charge is 0.394 e. The number of alkyl halides is 3. The van der Waals surface area contributed by atoms with E-state index in [1.165, 1.54) is 0 Å². The standard InChI is InChI=1S/C9H10F3N/c10-9(11,12)8-3-1-7(5-8,6-13)2-4-8/h1-5H2. The normalized spacial score (nSPS) is 43.5. The van der Waals surface area contributed by atoms with Crippen LogP contribution in [0.3, 0.4) is 0 Å². The highest BCUT2D eigenvalue weighted by Crippen LogP contribution is 2.66. The molecule has 2 rings (SSSR count). The zero-order valence-electron chi connectivity index (χ0n) is 7.12. The third-order valence-corrected chi connectivity index (χ3v) is 3.68. The van der Waals surface area contributed by atoms with Gasteiger partial charge in [-0.15, -0.1) is 0 Å². The Morgan fingerprint density at radius 2 is 1.62 bits per heavy atom. The molecule has 0 aromatic heterocycles. The quantitative estimate of drug-likeness (QED) is 0.574. The number of rotatable bonds is 0. The first-order chi connectivity index (χ1) is 5.93. The lowest BCUT2D eigenvalue weighted by Gasteiger charge is -2.28. The maximum Gasteiger partial charge on any atom is 0.394 e. The maximum absolute atomic E-state index is 12.6. The summed E-state index contributed by atoms with van der Waals surface area (Å²) in [5.74, 6) is 0. The number of nitriles is 1. The second-order valence-corrected chi connectivity index (χ2v) is 4.35. The zero-order chi connectivity index (χ0) is 9.74. The van der Waals surface area contributed by atoms with Crippen molar-refractivity contribution in [3.05, 3.63) is 0 Å². The number of hydrogen-bond donors (Lipinski definition) is 0. The van der Waals surface area contributed by atoms with Gasteiger partial charge < -0.3 is 0 Å². The molecule has 0 N–H and O–H groups in total. The van der Waals surface area contributed by atoms with Crippen LogP contribution in [0.4, 0.5) is 13.2 Å². The van der Waals surface area contributed by atoms with Gasteiger partial charge in [0.05, 0.1) is 16.9 Å². The summed E-state index contributed by atoms with van der Waals surface area (Å²) in [7, 11) is 0. The van der Waals surface area contributed by atoms with Gasteiger partial charge >= 0.3 is 6.18 Å². The van der Waals surface area contributed by atoms with Crippen LogP contribution in [-0.2, 0) is 0 Å². The van der Waals surface area contributed by atoms with Crippen LogP contribution < -0.4 is 0 Å². The molecule has 0 aliphatic heterocycles. The van der Waals surface area contributed by atoms with E-state index in [9.17, 15) is 13.2 Å². The molecule has 2 aliphatic carbocycles. The molecule has 4 heteroatoms. The Hall–Kier alpha value is -0.720. The number of hydrogen-bond acceptors (Lipinski definition) is 1. The Balaban J connectivity index is 2.30. The van der Waals surface area contributed by atoms with E-state index in [1.807, 2.05) is 0 Å². The molecule has 0 amide bonds. The lowest BCUT2D eigenvalue weighted by atomic mass is 9.82. The molecule has 0 spiro atoms. The molecule has 0 radical (unpaired) electrons. The van der Waals surface area contributed by atoms with Crippen LogP contribution in [0.25, 0.3) is 0 Å². The Bertz CT molecular complexity index is 266. The zero-order valence-corrected chi connectivity index (χ0v) is 7.12. The van der Waals surface area contributed by atoms with Crippen LogP contribution in [0.5, 0.6) is 0 Å². The molecule has 2 aliphatic rings. The summed E-state index contributed by atoms with van der Waals surface area (Å²) >= 11 is 0. The summed E-state index contributed by atoms with van der Waals surface area (Å²) in [5, 5.41) is 8.81. The lowest BCUT2D eigenvalue weighted by molar-refractivity contribution is -0.220. The summed E-state index contributed by atoms with van der Waals surface area (Å²) in [5.41, 5.74) is -2.15. The van der Waals surface area contributed by atoms with Crippen LogP contribution in [-0.4, -0.2) is 6.18 Å². The second-order valence-electron chi connectivity index (χ2n) is 4.35. The molecular weight excluding hydrogens is 179 g/mol. The number of nitrogens with zero attached hydrogens (tertiary/aromatic N) is 1. The molecule has 0 heterocycles. The van der Waals surface area contributed by atoms with Crippen LogP contribution in [0.2, 0.25) is 0 Å². The van der Waals surface area contributed by atoms with Crippen molar-refractivity contribution in [3.63, 3.8) is 0 Å². The molecule has 0 aromatic rings. The van der Waals surface area contributed by atoms with E-state index < -0.39 is 17.0 Å². The first-order valence-electron chi connectivity index (χ1n) is 4.41. The summed E-state index contributed by atoms with van der Waals surface area (Å²) in [6.07, 6.45) is -2.89. The number of halogens is 3. The molecule has 72 valence electrons. The Labute approximate surface area is 74.5 Å². The topological polar surface area (TPSA) is 23.8 Å². The van der Waals surface area contributed by atoms with E-state index in [0.29, 0.717) is 12.8 Å². The van der Waals surface area contributed by atoms with Crippen LogP contribution >= 0.6 is 0 Å². The summed E-state index contributed by atoms with van der Waals surface area (Å²) in [6, 6.07) is 2.07. The fraction of sp³-hybridized carbons (Fsp3) is 0.889. The number of fused-ring (bicyclic) bond motifs is 2. The van der Waals surface area contributed by atoms with Crippen molar-refractivity contribution in [1.29, 1.82) is 5.26 Å².